The summed E-state index contributed by atoms with van der Waals surface area (Å²) in [5, 5.41) is 1.32. The van der Waals surface area contributed by atoms with Crippen molar-refractivity contribution in [1.82, 2.24) is 9.80 Å². The molecule has 1 atom stereocenters. The molecule has 1 saturated heterocycles. The van der Waals surface area contributed by atoms with E-state index in [1.807, 2.05) is 12.1 Å². The molecule has 3 aromatic carbocycles. The first-order valence-electron chi connectivity index (χ1n) is 11.1. The summed E-state index contributed by atoms with van der Waals surface area (Å²) in [4.78, 5) is 16.8. The highest BCUT2D eigenvalue weighted by molar-refractivity contribution is 6.42. The minimum atomic E-state index is -0.644. The van der Waals surface area contributed by atoms with Gasteiger partial charge in [-0.3, -0.25) is 9.69 Å². The number of carbonyl (C=O) groups is 1. The first kappa shape index (κ1) is 25.9. The van der Waals surface area contributed by atoms with E-state index in [4.69, 9.17) is 39.5 Å². The maximum Gasteiger partial charge on any atom is 0.253 e. The van der Waals surface area contributed by atoms with E-state index in [0.29, 0.717) is 53.4 Å². The van der Waals surface area contributed by atoms with Gasteiger partial charge in [-0.1, -0.05) is 53.0 Å². The van der Waals surface area contributed by atoms with E-state index < -0.39 is 17.7 Å². The molecule has 0 aromatic heterocycles. The molecule has 35 heavy (non-hydrogen) atoms. The Morgan fingerprint density at radius 1 is 0.886 bits per heavy atom. The molecule has 1 amide bonds. The maximum absolute atomic E-state index is 14.1. The molecule has 0 spiro atoms. The quantitative estimate of drug-likeness (QED) is 0.337. The molecule has 3 aromatic rings. The lowest BCUT2D eigenvalue weighted by Gasteiger charge is -2.36. The fourth-order valence-corrected chi connectivity index (χ4v) is 4.39. The van der Waals surface area contributed by atoms with Gasteiger partial charge in [-0.25, -0.2) is 8.78 Å². The number of benzene rings is 3. The smallest absolute Gasteiger partial charge is 0.253 e. The summed E-state index contributed by atoms with van der Waals surface area (Å²) in [6, 6.07) is 15.8. The summed E-state index contributed by atoms with van der Waals surface area (Å²) in [6.07, 6.45) is -0.441. The zero-order valence-electron chi connectivity index (χ0n) is 18.7. The molecule has 0 unspecified atom stereocenters. The van der Waals surface area contributed by atoms with Crippen LogP contribution in [-0.4, -0.2) is 48.4 Å². The number of piperazine rings is 1. The second-order valence-electron chi connectivity index (χ2n) is 8.27. The van der Waals surface area contributed by atoms with Gasteiger partial charge in [0.05, 0.1) is 22.8 Å². The van der Waals surface area contributed by atoms with E-state index >= 15 is 0 Å². The lowest BCUT2D eigenvalue weighted by atomic mass is 10.1. The fraction of sp³-hybridized carbons (Fsp3) is 0.269. The van der Waals surface area contributed by atoms with Crippen LogP contribution in [0.1, 0.15) is 27.6 Å². The normalized spacial score (nSPS) is 15.3. The Balaban J connectivity index is 1.41. The molecular weight excluding hydrogens is 517 g/mol. The van der Waals surface area contributed by atoms with Crippen LogP contribution in [0, 0.1) is 11.6 Å². The second kappa shape index (κ2) is 11.7. The number of hydrogen-bond donors (Lipinski definition) is 0. The molecule has 1 aliphatic heterocycles. The van der Waals surface area contributed by atoms with Gasteiger partial charge >= 0.3 is 0 Å². The van der Waals surface area contributed by atoms with Crippen LogP contribution in [0.25, 0.3) is 0 Å². The molecule has 0 aliphatic carbocycles. The Morgan fingerprint density at radius 3 is 2.17 bits per heavy atom. The number of ether oxygens (including phenoxy) is 1. The Hall–Kier alpha value is -2.22. The minimum Gasteiger partial charge on any atom is -0.367 e. The van der Waals surface area contributed by atoms with Crippen molar-refractivity contribution >= 4 is 40.7 Å². The van der Waals surface area contributed by atoms with E-state index in [1.54, 1.807) is 35.2 Å². The van der Waals surface area contributed by atoms with Crippen LogP contribution in [0.2, 0.25) is 15.1 Å². The van der Waals surface area contributed by atoms with Gasteiger partial charge in [0.1, 0.15) is 11.6 Å². The molecule has 4 nitrogen and oxygen atoms in total. The van der Waals surface area contributed by atoms with Gasteiger partial charge in [0.25, 0.3) is 5.91 Å². The Morgan fingerprint density at radius 2 is 1.54 bits per heavy atom. The summed E-state index contributed by atoms with van der Waals surface area (Å²) in [5.41, 5.74) is 1.23. The standard InChI is InChI=1S/C26H23Cl3F2N2O2/c27-19-7-4-17(5-8-19)25(35-16-20-23(30)2-1-3-24(20)31)15-32-10-12-33(13-11-32)26(34)18-6-9-21(28)22(29)14-18/h1-9,14,25H,10-13,15-16H2/t25-/m1/s1. The van der Waals surface area contributed by atoms with Crippen molar-refractivity contribution in [2.45, 2.75) is 12.7 Å². The molecule has 0 radical (unpaired) electrons. The van der Waals surface area contributed by atoms with Crippen molar-refractivity contribution < 1.29 is 18.3 Å². The number of carbonyl (C=O) groups excluding carboxylic acids is 1. The molecule has 0 bridgehead atoms. The summed E-state index contributed by atoms with van der Waals surface area (Å²) in [7, 11) is 0. The number of nitrogens with zero attached hydrogens (tertiary/aromatic N) is 2. The molecule has 1 aliphatic rings. The van der Waals surface area contributed by atoms with Crippen molar-refractivity contribution in [1.29, 1.82) is 0 Å². The zero-order valence-corrected chi connectivity index (χ0v) is 21.0. The molecule has 1 heterocycles. The minimum absolute atomic E-state index is 0.108. The first-order chi connectivity index (χ1) is 16.8. The molecule has 9 heteroatoms. The number of halogens is 5. The van der Waals surface area contributed by atoms with Crippen LogP contribution in [-0.2, 0) is 11.3 Å². The third-order valence-corrected chi connectivity index (χ3v) is 6.97. The largest absolute Gasteiger partial charge is 0.367 e. The van der Waals surface area contributed by atoms with Crippen molar-refractivity contribution in [3.63, 3.8) is 0 Å². The monoisotopic (exact) mass is 538 g/mol. The average Bonchev–Trinajstić information content (AvgIpc) is 2.85. The van der Waals surface area contributed by atoms with Crippen LogP contribution in [0.5, 0.6) is 0 Å². The van der Waals surface area contributed by atoms with E-state index in [9.17, 15) is 13.6 Å². The highest BCUT2D eigenvalue weighted by atomic mass is 35.5. The van der Waals surface area contributed by atoms with Gasteiger partial charge in [-0.2, -0.15) is 0 Å². The lowest BCUT2D eigenvalue weighted by molar-refractivity contribution is 0.00145. The van der Waals surface area contributed by atoms with Crippen LogP contribution in [0.15, 0.2) is 60.7 Å². The van der Waals surface area contributed by atoms with Crippen LogP contribution in [0.4, 0.5) is 8.78 Å². The maximum atomic E-state index is 14.1. The predicted molar refractivity (Wildman–Crippen MR) is 134 cm³/mol. The summed E-state index contributed by atoms with van der Waals surface area (Å²) in [5.74, 6) is -1.40. The average molecular weight is 540 g/mol. The molecule has 1 fully saturated rings. The van der Waals surface area contributed by atoms with Crippen molar-refractivity contribution in [2.75, 3.05) is 32.7 Å². The lowest BCUT2D eigenvalue weighted by Crippen LogP contribution is -2.49. The van der Waals surface area contributed by atoms with Gasteiger partial charge in [0, 0.05) is 48.9 Å². The number of hydrogen-bond acceptors (Lipinski definition) is 3. The van der Waals surface area contributed by atoms with Crippen LogP contribution >= 0.6 is 34.8 Å². The Kier molecular flexibility index (Phi) is 8.63. The molecular formula is C26H23Cl3F2N2O2. The number of rotatable bonds is 7. The highest BCUT2D eigenvalue weighted by Gasteiger charge is 2.25. The second-order valence-corrected chi connectivity index (χ2v) is 9.52. The Labute approximate surface area is 217 Å². The van der Waals surface area contributed by atoms with Crippen LogP contribution < -0.4 is 0 Å². The van der Waals surface area contributed by atoms with Gasteiger partial charge in [0.2, 0.25) is 0 Å². The van der Waals surface area contributed by atoms with E-state index in [-0.39, 0.29) is 18.1 Å². The SMILES string of the molecule is O=C(c1ccc(Cl)c(Cl)c1)N1CCN(C[C@@H](OCc2c(F)cccc2F)c2ccc(Cl)cc2)CC1. The predicted octanol–water partition coefficient (Wildman–Crippen LogP) is 6.64. The third-order valence-electron chi connectivity index (χ3n) is 5.98. The summed E-state index contributed by atoms with van der Waals surface area (Å²) in [6.45, 7) is 2.57. The highest BCUT2D eigenvalue weighted by Crippen LogP contribution is 2.26. The van der Waals surface area contributed by atoms with Crippen molar-refractivity contribution in [3.8, 4) is 0 Å². The molecule has 184 valence electrons. The molecule has 0 saturated carbocycles. The van der Waals surface area contributed by atoms with Gasteiger partial charge < -0.3 is 9.64 Å². The number of amides is 1. The molecule has 0 N–H and O–H groups in total. The van der Waals surface area contributed by atoms with Gasteiger partial charge in [-0.05, 0) is 48.0 Å². The van der Waals surface area contributed by atoms with Gasteiger partial charge in [-0.15, -0.1) is 0 Å². The van der Waals surface area contributed by atoms with E-state index in [0.717, 1.165) is 5.56 Å². The summed E-state index contributed by atoms with van der Waals surface area (Å²) >= 11 is 18.0. The van der Waals surface area contributed by atoms with E-state index in [2.05, 4.69) is 4.90 Å². The Bertz CT molecular complexity index is 1170. The topological polar surface area (TPSA) is 32.8 Å². The third kappa shape index (κ3) is 6.51. The summed E-state index contributed by atoms with van der Waals surface area (Å²) < 4.78 is 34.3. The zero-order chi connectivity index (χ0) is 24.9. The van der Waals surface area contributed by atoms with Crippen LogP contribution in [0.3, 0.4) is 0 Å². The molecule has 4 rings (SSSR count). The van der Waals surface area contributed by atoms with Crippen molar-refractivity contribution in [2.24, 2.45) is 0 Å². The van der Waals surface area contributed by atoms with E-state index in [1.165, 1.54) is 18.2 Å². The first-order valence-corrected chi connectivity index (χ1v) is 12.2. The van der Waals surface area contributed by atoms with Crippen molar-refractivity contribution in [3.05, 3.63) is 104 Å². The fourth-order valence-electron chi connectivity index (χ4n) is 3.97. The van der Waals surface area contributed by atoms with Gasteiger partial charge in [0.15, 0.2) is 0 Å².